The van der Waals surface area contributed by atoms with Crippen LogP contribution in [0.1, 0.15) is 38.6 Å². The Labute approximate surface area is 119 Å². The van der Waals surface area contributed by atoms with Crippen LogP contribution in [0.5, 0.6) is 0 Å². The zero-order valence-electron chi connectivity index (χ0n) is 12.1. The van der Waals surface area contributed by atoms with Gasteiger partial charge in [-0.05, 0) is 38.8 Å². The molecule has 1 aliphatic carbocycles. The molecule has 0 spiro atoms. The van der Waals surface area contributed by atoms with Gasteiger partial charge in [0.25, 0.3) is 0 Å². The van der Waals surface area contributed by atoms with Gasteiger partial charge >= 0.3 is 0 Å². The molecular formula is C16H21N3O. The van der Waals surface area contributed by atoms with Crippen molar-refractivity contribution in [2.75, 3.05) is 6.54 Å². The van der Waals surface area contributed by atoms with Crippen LogP contribution >= 0.6 is 0 Å². The van der Waals surface area contributed by atoms with Gasteiger partial charge in [0.2, 0.25) is 5.91 Å². The smallest absolute Gasteiger partial charge is 0.223 e. The van der Waals surface area contributed by atoms with Gasteiger partial charge in [-0.3, -0.25) is 4.79 Å². The number of imidazole rings is 1. The lowest BCUT2D eigenvalue weighted by molar-refractivity contribution is -0.122. The Balaban J connectivity index is 1.76. The van der Waals surface area contributed by atoms with Crippen molar-refractivity contribution in [3.63, 3.8) is 0 Å². The fourth-order valence-electron chi connectivity index (χ4n) is 2.63. The third kappa shape index (κ3) is 2.55. The number of aromatic nitrogens is 2. The van der Waals surface area contributed by atoms with E-state index in [0.29, 0.717) is 12.6 Å². The van der Waals surface area contributed by atoms with E-state index in [1.807, 2.05) is 18.2 Å². The molecule has 1 heterocycles. The number of hydrogen-bond donors (Lipinski definition) is 1. The first-order chi connectivity index (χ1) is 9.66. The second-order valence-electron chi connectivity index (χ2n) is 5.80. The molecule has 1 N–H and O–H groups in total. The maximum Gasteiger partial charge on any atom is 0.223 e. The van der Waals surface area contributed by atoms with E-state index in [2.05, 4.69) is 29.8 Å². The van der Waals surface area contributed by atoms with Crippen molar-refractivity contribution in [3.05, 3.63) is 30.1 Å². The number of rotatable bonds is 5. The highest BCUT2D eigenvalue weighted by atomic mass is 16.2. The molecule has 0 radical (unpaired) electrons. The highest BCUT2D eigenvalue weighted by Gasteiger charge is 2.29. The van der Waals surface area contributed by atoms with E-state index in [4.69, 9.17) is 4.98 Å². The third-order valence-electron chi connectivity index (χ3n) is 3.78. The van der Waals surface area contributed by atoms with Gasteiger partial charge in [-0.1, -0.05) is 12.1 Å². The fourth-order valence-corrected chi connectivity index (χ4v) is 2.63. The van der Waals surface area contributed by atoms with Crippen molar-refractivity contribution in [1.82, 2.24) is 14.9 Å². The normalized spacial score (nSPS) is 14.9. The predicted octanol–water partition coefficient (Wildman–Crippen LogP) is 2.69. The second kappa shape index (κ2) is 5.27. The summed E-state index contributed by atoms with van der Waals surface area (Å²) in [5.74, 6) is 1.54. The van der Waals surface area contributed by atoms with Crippen molar-refractivity contribution in [1.29, 1.82) is 0 Å². The molecule has 0 bridgehead atoms. The third-order valence-corrected chi connectivity index (χ3v) is 3.78. The topological polar surface area (TPSA) is 46.9 Å². The molecule has 1 fully saturated rings. The number of hydrogen-bond acceptors (Lipinski definition) is 2. The van der Waals surface area contributed by atoms with Gasteiger partial charge in [-0.15, -0.1) is 0 Å². The van der Waals surface area contributed by atoms with E-state index >= 15 is 0 Å². The van der Waals surface area contributed by atoms with Crippen molar-refractivity contribution >= 4 is 16.9 Å². The second-order valence-corrected chi connectivity index (χ2v) is 5.80. The molecule has 1 saturated carbocycles. The van der Waals surface area contributed by atoms with Crippen LogP contribution in [-0.4, -0.2) is 22.0 Å². The quantitative estimate of drug-likeness (QED) is 0.909. The zero-order valence-corrected chi connectivity index (χ0v) is 12.1. The maximum absolute atomic E-state index is 11.6. The fraction of sp³-hybridized carbons (Fsp3) is 0.500. The number of carbonyl (C=O) groups is 1. The molecule has 2 aromatic rings. The van der Waals surface area contributed by atoms with Crippen LogP contribution in [0.3, 0.4) is 0 Å². The Hall–Kier alpha value is -1.84. The summed E-state index contributed by atoms with van der Waals surface area (Å²) < 4.78 is 2.26. The first-order valence-corrected chi connectivity index (χ1v) is 7.40. The van der Waals surface area contributed by atoms with E-state index in [1.54, 1.807) is 0 Å². The largest absolute Gasteiger partial charge is 0.355 e. The molecule has 1 aliphatic rings. The lowest BCUT2D eigenvalue weighted by atomic mass is 10.3. The molecule has 0 aliphatic heterocycles. The number of fused-ring (bicyclic) bond motifs is 1. The monoisotopic (exact) mass is 271 g/mol. The number of benzene rings is 1. The van der Waals surface area contributed by atoms with Crippen molar-refractivity contribution in [2.45, 2.75) is 39.2 Å². The number of nitrogens with one attached hydrogen (secondary N) is 1. The predicted molar refractivity (Wildman–Crippen MR) is 79.6 cm³/mol. The van der Waals surface area contributed by atoms with Gasteiger partial charge in [-0.2, -0.15) is 0 Å². The van der Waals surface area contributed by atoms with Gasteiger partial charge < -0.3 is 9.88 Å². The number of para-hydroxylation sites is 2. The summed E-state index contributed by atoms with van der Waals surface area (Å²) in [6.07, 6.45) is 2.89. The summed E-state index contributed by atoms with van der Waals surface area (Å²) in [4.78, 5) is 16.4. The molecule has 1 aromatic carbocycles. The lowest BCUT2D eigenvalue weighted by Crippen LogP contribution is -2.27. The molecule has 106 valence electrons. The molecule has 1 aromatic heterocycles. The molecule has 4 heteroatoms. The van der Waals surface area contributed by atoms with Crippen LogP contribution in [0, 0.1) is 5.92 Å². The summed E-state index contributed by atoms with van der Waals surface area (Å²) in [5.41, 5.74) is 2.20. The van der Waals surface area contributed by atoms with Crippen LogP contribution in [0.15, 0.2) is 24.3 Å². The zero-order chi connectivity index (χ0) is 14.1. The Morgan fingerprint density at radius 2 is 2.15 bits per heavy atom. The van der Waals surface area contributed by atoms with E-state index in [1.165, 1.54) is 5.52 Å². The average Bonchev–Trinajstić information content (AvgIpc) is 3.19. The Morgan fingerprint density at radius 1 is 1.40 bits per heavy atom. The molecule has 20 heavy (non-hydrogen) atoms. The minimum Gasteiger partial charge on any atom is -0.355 e. The van der Waals surface area contributed by atoms with Gasteiger partial charge in [0, 0.05) is 24.9 Å². The average molecular weight is 271 g/mol. The minimum absolute atomic E-state index is 0.206. The summed E-state index contributed by atoms with van der Waals surface area (Å²) in [6, 6.07) is 8.58. The molecule has 0 saturated heterocycles. The lowest BCUT2D eigenvalue weighted by Gasteiger charge is -2.13. The van der Waals surface area contributed by atoms with Crippen LogP contribution in [0.4, 0.5) is 0 Å². The summed E-state index contributed by atoms with van der Waals surface area (Å²) in [7, 11) is 0. The summed E-state index contributed by atoms with van der Waals surface area (Å²) in [6.45, 7) is 5.01. The molecule has 1 amide bonds. The van der Waals surface area contributed by atoms with Crippen molar-refractivity contribution in [2.24, 2.45) is 5.92 Å². The SMILES string of the molecule is CC(C)n1c(CCNC(=O)C2CC2)nc2ccccc21. The van der Waals surface area contributed by atoms with Gasteiger partial charge in [0.05, 0.1) is 11.0 Å². The van der Waals surface area contributed by atoms with Gasteiger partial charge in [0.15, 0.2) is 0 Å². The highest BCUT2D eigenvalue weighted by Crippen LogP contribution is 2.28. The first-order valence-electron chi connectivity index (χ1n) is 7.40. The van der Waals surface area contributed by atoms with Crippen LogP contribution in [0.25, 0.3) is 11.0 Å². The van der Waals surface area contributed by atoms with Crippen LogP contribution < -0.4 is 5.32 Å². The minimum atomic E-state index is 0.206. The maximum atomic E-state index is 11.6. The van der Waals surface area contributed by atoms with Crippen LogP contribution in [-0.2, 0) is 11.2 Å². The van der Waals surface area contributed by atoms with Crippen molar-refractivity contribution < 1.29 is 4.79 Å². The van der Waals surface area contributed by atoms with Gasteiger partial charge in [-0.25, -0.2) is 4.98 Å². The summed E-state index contributed by atoms with van der Waals surface area (Å²) in [5, 5.41) is 3.01. The Bertz CT molecular complexity index is 626. The van der Waals surface area contributed by atoms with E-state index in [0.717, 1.165) is 30.6 Å². The highest BCUT2D eigenvalue weighted by molar-refractivity contribution is 5.80. The van der Waals surface area contributed by atoms with Crippen molar-refractivity contribution in [3.8, 4) is 0 Å². The number of nitrogens with zero attached hydrogens (tertiary/aromatic N) is 2. The molecule has 3 rings (SSSR count). The van der Waals surface area contributed by atoms with Crippen LogP contribution in [0.2, 0.25) is 0 Å². The van der Waals surface area contributed by atoms with E-state index in [-0.39, 0.29) is 11.8 Å². The van der Waals surface area contributed by atoms with E-state index in [9.17, 15) is 4.79 Å². The van der Waals surface area contributed by atoms with E-state index < -0.39 is 0 Å². The first kappa shape index (κ1) is 13.2. The number of amides is 1. The standard InChI is InChI=1S/C16H21N3O/c1-11(2)19-14-6-4-3-5-13(14)18-15(19)9-10-17-16(20)12-7-8-12/h3-6,11-12H,7-10H2,1-2H3,(H,17,20). The molecule has 0 atom stereocenters. The number of carbonyl (C=O) groups excluding carboxylic acids is 1. The van der Waals surface area contributed by atoms with Gasteiger partial charge in [0.1, 0.15) is 5.82 Å². The molecule has 4 nitrogen and oxygen atoms in total. The summed E-state index contributed by atoms with van der Waals surface area (Å²) >= 11 is 0. The Kier molecular flexibility index (Phi) is 3.47. The molecule has 0 unspecified atom stereocenters. The Morgan fingerprint density at radius 3 is 2.85 bits per heavy atom. The molecular weight excluding hydrogens is 250 g/mol.